The van der Waals surface area contributed by atoms with Gasteiger partial charge in [0, 0.05) is 13.0 Å². The molecule has 106 valence electrons. The van der Waals surface area contributed by atoms with Gasteiger partial charge >= 0.3 is 12.2 Å². The first kappa shape index (κ1) is 15.2. The van der Waals surface area contributed by atoms with Gasteiger partial charge in [-0.1, -0.05) is 5.92 Å². The van der Waals surface area contributed by atoms with E-state index in [0.29, 0.717) is 13.0 Å². The van der Waals surface area contributed by atoms with Crippen LogP contribution in [-0.2, 0) is 4.74 Å². The van der Waals surface area contributed by atoms with Crippen LogP contribution in [0.5, 0.6) is 0 Å². The molecule has 0 bridgehead atoms. The molecule has 1 aliphatic rings. The van der Waals surface area contributed by atoms with Gasteiger partial charge in [-0.05, 0) is 33.6 Å². The Morgan fingerprint density at radius 1 is 1.42 bits per heavy atom. The van der Waals surface area contributed by atoms with E-state index in [4.69, 9.17) is 11.2 Å². The van der Waals surface area contributed by atoms with E-state index in [1.807, 2.05) is 0 Å². The fraction of sp³-hybridized carbons (Fsp3) is 0.692. The van der Waals surface area contributed by atoms with Crippen LogP contribution < -0.4 is 5.32 Å². The summed E-state index contributed by atoms with van der Waals surface area (Å²) in [6, 6.07) is 0. The SMILES string of the molecule is C#CC1(NC(=O)OC(C)(C)C)CCCCN1C(=O)O. The molecule has 0 aromatic carbocycles. The Labute approximate surface area is 113 Å². The zero-order valence-electron chi connectivity index (χ0n) is 11.5. The largest absolute Gasteiger partial charge is 0.465 e. The number of carbonyl (C=O) groups excluding carboxylic acids is 1. The molecule has 1 aliphatic heterocycles. The van der Waals surface area contributed by atoms with Crippen molar-refractivity contribution < 1.29 is 19.4 Å². The van der Waals surface area contributed by atoms with E-state index in [1.165, 1.54) is 0 Å². The number of carboxylic acid groups (broad SMARTS) is 1. The molecule has 2 amide bonds. The van der Waals surface area contributed by atoms with Crippen molar-refractivity contribution in [1.29, 1.82) is 0 Å². The Kier molecular flexibility index (Phi) is 4.30. The number of amides is 2. The molecule has 1 heterocycles. The fourth-order valence-electron chi connectivity index (χ4n) is 2.02. The minimum atomic E-state index is -1.31. The first-order valence-corrected chi connectivity index (χ1v) is 6.20. The summed E-state index contributed by atoms with van der Waals surface area (Å²) in [5, 5.41) is 11.7. The molecule has 0 aliphatic carbocycles. The molecule has 0 aromatic heterocycles. The number of likely N-dealkylation sites (tertiary alicyclic amines) is 1. The number of nitrogens with zero attached hydrogens (tertiary/aromatic N) is 1. The first-order chi connectivity index (χ1) is 8.70. The zero-order chi connectivity index (χ0) is 14.7. The predicted molar refractivity (Wildman–Crippen MR) is 69.5 cm³/mol. The van der Waals surface area contributed by atoms with E-state index in [-0.39, 0.29) is 0 Å². The number of nitrogens with one attached hydrogen (secondary N) is 1. The molecular formula is C13H20N2O4. The Morgan fingerprint density at radius 3 is 2.53 bits per heavy atom. The van der Waals surface area contributed by atoms with E-state index >= 15 is 0 Å². The lowest BCUT2D eigenvalue weighted by molar-refractivity contribution is 0.0235. The van der Waals surface area contributed by atoms with Gasteiger partial charge in [-0.2, -0.15) is 0 Å². The number of rotatable bonds is 1. The number of terminal acetylenes is 1. The summed E-state index contributed by atoms with van der Waals surface area (Å²) in [6.45, 7) is 5.48. The predicted octanol–water partition coefficient (Wildman–Crippen LogP) is 2.00. The average molecular weight is 268 g/mol. The Hall–Kier alpha value is -1.90. The Bertz CT molecular complexity index is 408. The molecule has 1 rings (SSSR count). The Morgan fingerprint density at radius 2 is 2.05 bits per heavy atom. The highest BCUT2D eigenvalue weighted by molar-refractivity contribution is 5.73. The molecule has 0 saturated carbocycles. The minimum absolute atomic E-state index is 0.301. The molecule has 6 nitrogen and oxygen atoms in total. The maximum absolute atomic E-state index is 11.8. The maximum atomic E-state index is 11.8. The van der Waals surface area contributed by atoms with Gasteiger partial charge < -0.3 is 9.84 Å². The molecule has 2 N–H and O–H groups in total. The van der Waals surface area contributed by atoms with Crippen LogP contribution in [0.4, 0.5) is 9.59 Å². The van der Waals surface area contributed by atoms with Crippen molar-refractivity contribution in [3.63, 3.8) is 0 Å². The zero-order valence-corrected chi connectivity index (χ0v) is 11.5. The monoisotopic (exact) mass is 268 g/mol. The summed E-state index contributed by atoms with van der Waals surface area (Å²) < 4.78 is 5.13. The number of piperidine rings is 1. The van der Waals surface area contributed by atoms with Crippen LogP contribution in [0.2, 0.25) is 0 Å². The molecule has 0 radical (unpaired) electrons. The summed E-state index contributed by atoms with van der Waals surface area (Å²) >= 11 is 0. The minimum Gasteiger partial charge on any atom is -0.465 e. The number of ether oxygens (including phenoxy) is 1. The van der Waals surface area contributed by atoms with Gasteiger partial charge in [0.05, 0.1) is 0 Å². The van der Waals surface area contributed by atoms with E-state index in [9.17, 15) is 14.7 Å². The van der Waals surface area contributed by atoms with E-state index in [1.54, 1.807) is 20.8 Å². The molecule has 1 saturated heterocycles. The van der Waals surface area contributed by atoms with Crippen LogP contribution in [0.1, 0.15) is 40.0 Å². The highest BCUT2D eigenvalue weighted by Crippen LogP contribution is 2.26. The second kappa shape index (κ2) is 5.39. The standard InChI is InChI=1S/C13H20N2O4/c1-5-13(14-10(16)19-12(2,3)4)8-6-7-9-15(13)11(17)18/h1H,6-9H2,2-4H3,(H,14,16)(H,17,18). The van der Waals surface area contributed by atoms with Crippen LogP contribution in [0.15, 0.2) is 0 Å². The number of hydrogen-bond acceptors (Lipinski definition) is 3. The third-order valence-electron chi connectivity index (χ3n) is 2.81. The van der Waals surface area contributed by atoms with Crippen molar-refractivity contribution in [2.45, 2.75) is 51.3 Å². The highest BCUT2D eigenvalue weighted by atomic mass is 16.6. The average Bonchev–Trinajstić information content (AvgIpc) is 2.26. The van der Waals surface area contributed by atoms with Crippen molar-refractivity contribution in [3.05, 3.63) is 0 Å². The van der Waals surface area contributed by atoms with Crippen molar-refractivity contribution in [3.8, 4) is 12.3 Å². The topological polar surface area (TPSA) is 78.9 Å². The summed E-state index contributed by atoms with van der Waals surface area (Å²) in [5.74, 6) is 2.40. The van der Waals surface area contributed by atoms with Crippen LogP contribution >= 0.6 is 0 Å². The summed E-state index contributed by atoms with van der Waals surface area (Å²) in [5.41, 5.74) is -1.98. The molecule has 6 heteroatoms. The molecule has 1 atom stereocenters. The van der Waals surface area contributed by atoms with Crippen molar-refractivity contribution >= 4 is 12.2 Å². The van der Waals surface area contributed by atoms with Crippen molar-refractivity contribution in [1.82, 2.24) is 10.2 Å². The van der Waals surface area contributed by atoms with Gasteiger partial charge in [0.15, 0.2) is 5.66 Å². The summed E-state index contributed by atoms with van der Waals surface area (Å²) in [7, 11) is 0. The molecular weight excluding hydrogens is 248 g/mol. The van der Waals surface area contributed by atoms with Crippen molar-refractivity contribution in [2.75, 3.05) is 6.54 Å². The molecule has 0 aromatic rings. The normalized spacial score (nSPS) is 23.4. The van der Waals surface area contributed by atoms with Gasteiger partial charge in [-0.15, -0.1) is 6.42 Å². The lowest BCUT2D eigenvalue weighted by Crippen LogP contribution is -2.63. The lowest BCUT2D eigenvalue weighted by atomic mass is 9.96. The van der Waals surface area contributed by atoms with E-state index in [0.717, 1.165) is 17.7 Å². The smallest absolute Gasteiger partial charge is 0.410 e. The lowest BCUT2D eigenvalue weighted by Gasteiger charge is -2.42. The number of hydrogen-bond donors (Lipinski definition) is 2. The second-order valence-electron chi connectivity index (χ2n) is 5.52. The summed E-state index contributed by atoms with van der Waals surface area (Å²) in [6.07, 6.45) is 5.46. The number of carbonyl (C=O) groups is 2. The Balaban J connectivity index is 2.87. The van der Waals surface area contributed by atoms with Gasteiger partial charge in [-0.25, -0.2) is 9.59 Å². The van der Waals surface area contributed by atoms with Crippen LogP contribution in [0.3, 0.4) is 0 Å². The summed E-state index contributed by atoms with van der Waals surface area (Å²) in [4.78, 5) is 24.1. The fourth-order valence-corrected chi connectivity index (χ4v) is 2.02. The van der Waals surface area contributed by atoms with Crippen LogP contribution in [-0.4, -0.2) is 40.0 Å². The molecule has 1 fully saturated rings. The first-order valence-electron chi connectivity index (χ1n) is 6.20. The third-order valence-corrected chi connectivity index (χ3v) is 2.81. The van der Waals surface area contributed by atoms with Crippen LogP contribution in [0, 0.1) is 12.3 Å². The quantitative estimate of drug-likeness (QED) is 0.713. The molecule has 1 unspecified atom stereocenters. The maximum Gasteiger partial charge on any atom is 0.410 e. The van der Waals surface area contributed by atoms with Gasteiger partial charge in [-0.3, -0.25) is 10.2 Å². The van der Waals surface area contributed by atoms with Crippen LogP contribution in [0.25, 0.3) is 0 Å². The number of alkyl carbamates (subject to hydrolysis) is 1. The van der Waals surface area contributed by atoms with Crippen molar-refractivity contribution in [2.24, 2.45) is 0 Å². The van der Waals surface area contributed by atoms with Gasteiger partial charge in [0.2, 0.25) is 0 Å². The molecule has 19 heavy (non-hydrogen) atoms. The van der Waals surface area contributed by atoms with Gasteiger partial charge in [0.1, 0.15) is 5.60 Å². The molecule has 0 spiro atoms. The third kappa shape index (κ3) is 3.78. The van der Waals surface area contributed by atoms with E-state index in [2.05, 4.69) is 11.2 Å². The second-order valence-corrected chi connectivity index (χ2v) is 5.52. The van der Waals surface area contributed by atoms with E-state index < -0.39 is 23.5 Å². The van der Waals surface area contributed by atoms with Gasteiger partial charge in [0.25, 0.3) is 0 Å². The highest BCUT2D eigenvalue weighted by Gasteiger charge is 2.42.